The number of ketones is 1. The first kappa shape index (κ1) is 18.8. The van der Waals surface area contributed by atoms with Crippen molar-refractivity contribution >= 4 is 11.7 Å². The number of hydrogen-bond donors (Lipinski definition) is 1. The van der Waals surface area contributed by atoms with Crippen molar-refractivity contribution in [1.29, 1.82) is 0 Å². The molecule has 30 heavy (non-hydrogen) atoms. The second-order valence-electron chi connectivity index (χ2n) is 8.29. The third-order valence-corrected chi connectivity index (χ3v) is 5.79. The Hall–Kier alpha value is -3.23. The molecule has 3 saturated carbocycles. The molecule has 2 aromatic rings. The lowest BCUT2D eigenvalue weighted by Crippen LogP contribution is -2.75. The third-order valence-electron chi connectivity index (χ3n) is 5.79. The maximum atomic E-state index is 13.1. The molecule has 7 nitrogen and oxygen atoms in total. The second kappa shape index (κ2) is 6.38. The Morgan fingerprint density at radius 1 is 1.13 bits per heavy atom. The molecule has 1 aromatic heterocycles. The molecule has 1 N–H and O–H groups in total. The summed E-state index contributed by atoms with van der Waals surface area (Å²) in [6.07, 6.45) is 2.09. The van der Waals surface area contributed by atoms with Crippen LogP contribution in [0.25, 0.3) is 0 Å². The maximum Gasteiger partial charge on any atom is 0.586 e. The minimum Gasteiger partial charge on any atom is -0.486 e. The smallest absolute Gasteiger partial charge is 0.486 e. The van der Waals surface area contributed by atoms with Gasteiger partial charge >= 0.3 is 6.29 Å². The van der Waals surface area contributed by atoms with Crippen LogP contribution in [0.2, 0.25) is 0 Å². The second-order valence-corrected chi connectivity index (χ2v) is 8.29. The Kier molecular flexibility index (Phi) is 4.00. The fraction of sp³-hybridized carbons (Fsp3) is 0.381. The lowest BCUT2D eigenvalue weighted by Gasteiger charge is -2.70. The molecule has 0 spiro atoms. The van der Waals surface area contributed by atoms with Crippen LogP contribution in [0.5, 0.6) is 17.2 Å². The fourth-order valence-corrected chi connectivity index (χ4v) is 4.78. The van der Waals surface area contributed by atoms with E-state index in [2.05, 4.69) is 19.8 Å². The molecule has 0 saturated heterocycles. The van der Waals surface area contributed by atoms with Crippen LogP contribution in [0.3, 0.4) is 0 Å². The van der Waals surface area contributed by atoms with E-state index >= 15 is 0 Å². The largest absolute Gasteiger partial charge is 0.586 e. The first-order valence-corrected chi connectivity index (χ1v) is 9.53. The fourth-order valence-electron chi connectivity index (χ4n) is 4.78. The van der Waals surface area contributed by atoms with E-state index in [0.29, 0.717) is 12.0 Å². The first-order valence-electron chi connectivity index (χ1n) is 9.53. The van der Waals surface area contributed by atoms with Gasteiger partial charge in [-0.2, -0.15) is 0 Å². The molecule has 2 bridgehead atoms. The van der Waals surface area contributed by atoms with E-state index in [0.717, 1.165) is 19.3 Å². The van der Waals surface area contributed by atoms with Gasteiger partial charge in [0.1, 0.15) is 12.4 Å². The number of carbonyl (C=O) groups excluding carboxylic acids is 2. The van der Waals surface area contributed by atoms with E-state index in [9.17, 15) is 18.4 Å². The molecule has 6 rings (SSSR count). The molecule has 9 heteroatoms. The summed E-state index contributed by atoms with van der Waals surface area (Å²) in [6.45, 7) is -0.160. The highest BCUT2D eigenvalue weighted by Gasteiger charge is 2.68. The Balaban J connectivity index is 1.09. The van der Waals surface area contributed by atoms with Crippen molar-refractivity contribution < 1.29 is 32.6 Å². The van der Waals surface area contributed by atoms with Gasteiger partial charge in [-0.15, -0.1) is 8.78 Å². The quantitative estimate of drug-likeness (QED) is 0.747. The minimum absolute atomic E-state index is 0.0776. The molecule has 156 valence electrons. The number of rotatable bonds is 7. The van der Waals surface area contributed by atoms with Crippen molar-refractivity contribution in [2.45, 2.75) is 37.5 Å². The van der Waals surface area contributed by atoms with Gasteiger partial charge in [-0.3, -0.25) is 14.6 Å². The predicted octanol–water partition coefficient (Wildman–Crippen LogP) is 3.09. The Morgan fingerprint density at radius 3 is 2.63 bits per heavy atom. The summed E-state index contributed by atoms with van der Waals surface area (Å²) < 4.78 is 40.2. The van der Waals surface area contributed by atoms with Crippen molar-refractivity contribution in [1.82, 2.24) is 10.3 Å². The number of nitrogens with zero attached hydrogens (tertiary/aromatic N) is 1. The summed E-state index contributed by atoms with van der Waals surface area (Å²) >= 11 is 0. The van der Waals surface area contributed by atoms with Crippen molar-refractivity contribution in [3.63, 3.8) is 0 Å². The zero-order valence-corrected chi connectivity index (χ0v) is 15.8. The van der Waals surface area contributed by atoms with Crippen LogP contribution in [-0.4, -0.2) is 35.1 Å². The number of aromatic nitrogens is 1. The monoisotopic (exact) mass is 416 g/mol. The van der Waals surface area contributed by atoms with Gasteiger partial charge in [0.05, 0.1) is 5.56 Å². The standard InChI is InChI=1S/C21H18F2N2O5/c22-21(23)29-16-4-3-15(6-17(16)30-21)28-9-14(26)7-19-10-20(11-19,12-19)25-18(27)13-2-1-5-24-8-13/h1-6,8H,7,9-12H2,(H,25,27). The number of fused-ring (bicyclic) bond motifs is 1. The number of Topliss-reactive ketones (excluding diaryl/α,β-unsaturated/α-hetero) is 1. The average Bonchev–Trinajstić information content (AvgIpc) is 2.97. The van der Waals surface area contributed by atoms with Crippen molar-refractivity contribution in [2.24, 2.45) is 5.41 Å². The van der Waals surface area contributed by atoms with Crippen molar-refractivity contribution in [3.05, 3.63) is 48.3 Å². The summed E-state index contributed by atoms with van der Waals surface area (Å²) in [5, 5.41) is 3.05. The molecule has 2 heterocycles. The van der Waals surface area contributed by atoms with Crippen LogP contribution in [-0.2, 0) is 4.79 Å². The molecular weight excluding hydrogens is 398 g/mol. The van der Waals surface area contributed by atoms with Crippen molar-refractivity contribution in [3.8, 4) is 17.2 Å². The highest BCUT2D eigenvalue weighted by molar-refractivity contribution is 5.94. The topological polar surface area (TPSA) is 86.8 Å². The number of benzene rings is 1. The number of pyridine rings is 1. The van der Waals surface area contributed by atoms with E-state index in [4.69, 9.17) is 4.74 Å². The molecule has 0 atom stereocenters. The van der Waals surface area contributed by atoms with Crippen LogP contribution in [0.15, 0.2) is 42.7 Å². The predicted molar refractivity (Wildman–Crippen MR) is 98.5 cm³/mol. The SMILES string of the molecule is O=C(COc1ccc2c(c1)OC(F)(F)O2)CC12CC(NC(=O)c3cccnc3)(C1)C2. The van der Waals surface area contributed by atoms with E-state index in [1.54, 1.807) is 18.3 Å². The summed E-state index contributed by atoms with van der Waals surface area (Å²) in [5.74, 6) is -0.188. The van der Waals surface area contributed by atoms with Crippen LogP contribution in [0, 0.1) is 5.41 Å². The molecular formula is C21H18F2N2O5. The van der Waals surface area contributed by atoms with Gasteiger partial charge in [-0.25, -0.2) is 0 Å². The van der Waals surface area contributed by atoms with Crippen molar-refractivity contribution in [2.75, 3.05) is 6.61 Å². The van der Waals surface area contributed by atoms with Gasteiger partial charge in [-0.1, -0.05) is 0 Å². The highest BCUT2D eigenvalue weighted by atomic mass is 19.3. The van der Waals surface area contributed by atoms with Gasteiger partial charge in [0.2, 0.25) is 0 Å². The summed E-state index contributed by atoms with van der Waals surface area (Å²) in [6, 6.07) is 7.45. The normalized spacial score (nSPS) is 26.9. The minimum atomic E-state index is -3.69. The van der Waals surface area contributed by atoms with Gasteiger partial charge < -0.3 is 19.5 Å². The Morgan fingerprint density at radius 2 is 1.90 bits per heavy atom. The van der Waals surface area contributed by atoms with E-state index in [-0.39, 0.29) is 46.5 Å². The summed E-state index contributed by atoms with van der Waals surface area (Å²) in [7, 11) is 0. The number of carbonyl (C=O) groups is 2. The van der Waals surface area contributed by atoms with Crippen LogP contribution >= 0.6 is 0 Å². The maximum absolute atomic E-state index is 13.1. The summed E-state index contributed by atoms with van der Waals surface area (Å²) in [5.41, 5.74) is 0.207. The van der Waals surface area contributed by atoms with Crippen LogP contribution < -0.4 is 19.5 Å². The molecule has 4 aliphatic rings. The van der Waals surface area contributed by atoms with Crippen LogP contribution in [0.1, 0.15) is 36.0 Å². The molecule has 1 amide bonds. The highest BCUT2D eigenvalue weighted by Crippen LogP contribution is 2.69. The number of halogens is 2. The molecule has 3 aliphatic carbocycles. The molecule has 1 aromatic carbocycles. The van der Waals surface area contributed by atoms with E-state index in [1.807, 2.05) is 0 Å². The number of hydrogen-bond acceptors (Lipinski definition) is 6. The lowest BCUT2D eigenvalue weighted by molar-refractivity contribution is -0.286. The molecule has 3 fully saturated rings. The lowest BCUT2D eigenvalue weighted by atomic mass is 9.38. The zero-order chi connectivity index (χ0) is 21.0. The van der Waals surface area contributed by atoms with Gasteiger partial charge in [0.15, 0.2) is 17.3 Å². The van der Waals surface area contributed by atoms with Gasteiger partial charge in [-0.05, 0) is 48.9 Å². The third kappa shape index (κ3) is 3.34. The Labute approximate surface area is 170 Å². The van der Waals surface area contributed by atoms with Crippen LogP contribution in [0.4, 0.5) is 8.78 Å². The first-order chi connectivity index (χ1) is 14.3. The molecule has 0 radical (unpaired) electrons. The molecule has 1 aliphatic heterocycles. The molecule has 0 unspecified atom stereocenters. The van der Waals surface area contributed by atoms with E-state index in [1.165, 1.54) is 24.4 Å². The Bertz CT molecular complexity index is 1010. The van der Waals surface area contributed by atoms with Gasteiger partial charge in [0.25, 0.3) is 5.91 Å². The average molecular weight is 416 g/mol. The number of amides is 1. The number of nitrogens with one attached hydrogen (secondary N) is 1. The zero-order valence-electron chi connectivity index (χ0n) is 15.8. The van der Waals surface area contributed by atoms with Gasteiger partial charge in [0, 0.05) is 30.4 Å². The number of alkyl halides is 2. The van der Waals surface area contributed by atoms with E-state index < -0.39 is 6.29 Å². The number of ether oxygens (including phenoxy) is 3. The summed E-state index contributed by atoms with van der Waals surface area (Å²) in [4.78, 5) is 28.6.